The van der Waals surface area contributed by atoms with Crippen molar-refractivity contribution in [2.45, 2.75) is 13.8 Å². The van der Waals surface area contributed by atoms with Crippen LogP contribution in [-0.2, 0) is 4.79 Å². The summed E-state index contributed by atoms with van der Waals surface area (Å²) in [6.45, 7) is 3.82. The number of anilines is 1. The van der Waals surface area contributed by atoms with E-state index >= 15 is 0 Å². The highest BCUT2D eigenvalue weighted by atomic mass is 16.5. The number of amides is 1. The lowest BCUT2D eigenvalue weighted by Crippen LogP contribution is -2.20. The lowest BCUT2D eigenvalue weighted by atomic mass is 10.2. The van der Waals surface area contributed by atoms with Crippen molar-refractivity contribution in [1.29, 1.82) is 5.26 Å². The molecule has 0 spiro atoms. The van der Waals surface area contributed by atoms with Crippen LogP contribution in [-0.4, -0.2) is 24.2 Å². The fourth-order valence-electron chi connectivity index (χ4n) is 2.04. The summed E-state index contributed by atoms with van der Waals surface area (Å²) in [7, 11) is 0. The Morgan fingerprint density at radius 3 is 2.67 bits per heavy atom. The van der Waals surface area contributed by atoms with Crippen LogP contribution in [0.4, 0.5) is 5.69 Å². The molecule has 0 aliphatic heterocycles. The first-order valence-electron chi connectivity index (χ1n) is 7.42. The summed E-state index contributed by atoms with van der Waals surface area (Å²) in [5, 5.41) is 21.3. The van der Waals surface area contributed by atoms with E-state index in [9.17, 15) is 9.90 Å². The van der Waals surface area contributed by atoms with Gasteiger partial charge in [0, 0.05) is 6.07 Å². The molecule has 2 rings (SSSR count). The minimum atomic E-state index is -0.416. The summed E-state index contributed by atoms with van der Waals surface area (Å²) < 4.78 is 10.9. The second-order valence-corrected chi connectivity index (χ2v) is 5.06. The van der Waals surface area contributed by atoms with Crippen molar-refractivity contribution in [2.75, 3.05) is 18.5 Å². The van der Waals surface area contributed by atoms with Crippen molar-refractivity contribution in [1.82, 2.24) is 0 Å². The molecule has 0 aliphatic carbocycles. The lowest BCUT2D eigenvalue weighted by Gasteiger charge is -2.12. The van der Waals surface area contributed by atoms with Gasteiger partial charge >= 0.3 is 0 Å². The zero-order valence-electron chi connectivity index (χ0n) is 13.5. The molecule has 2 N–H and O–H groups in total. The second-order valence-electron chi connectivity index (χ2n) is 5.06. The molecular formula is C18H18N2O4. The number of benzene rings is 2. The van der Waals surface area contributed by atoms with Crippen LogP contribution in [0.1, 0.15) is 18.1 Å². The summed E-state index contributed by atoms with van der Waals surface area (Å²) in [5.74, 6) is 0.361. The van der Waals surface area contributed by atoms with Crippen molar-refractivity contribution in [2.24, 2.45) is 0 Å². The van der Waals surface area contributed by atoms with Gasteiger partial charge in [-0.3, -0.25) is 4.79 Å². The van der Waals surface area contributed by atoms with E-state index in [0.717, 1.165) is 5.56 Å². The van der Waals surface area contributed by atoms with Crippen molar-refractivity contribution in [3.8, 4) is 23.3 Å². The highest BCUT2D eigenvalue weighted by Crippen LogP contribution is 2.28. The van der Waals surface area contributed by atoms with E-state index in [2.05, 4.69) is 5.32 Å². The molecule has 2 aromatic rings. The van der Waals surface area contributed by atoms with E-state index < -0.39 is 5.91 Å². The Balaban J connectivity index is 2.02. The van der Waals surface area contributed by atoms with Gasteiger partial charge in [0.15, 0.2) is 18.1 Å². The smallest absolute Gasteiger partial charge is 0.262 e. The van der Waals surface area contributed by atoms with E-state index in [4.69, 9.17) is 14.7 Å². The Hall–Kier alpha value is -3.20. The Labute approximate surface area is 140 Å². The molecule has 0 aromatic heterocycles. The largest absolute Gasteiger partial charge is 0.506 e. The third-order valence-electron chi connectivity index (χ3n) is 3.16. The first-order valence-corrected chi connectivity index (χ1v) is 7.42. The molecule has 0 saturated heterocycles. The summed E-state index contributed by atoms with van der Waals surface area (Å²) in [4.78, 5) is 12.0. The normalized spacial score (nSPS) is 9.88. The molecule has 0 unspecified atom stereocenters. The first-order chi connectivity index (χ1) is 11.5. The highest BCUT2D eigenvalue weighted by molar-refractivity contribution is 5.93. The van der Waals surface area contributed by atoms with Crippen LogP contribution in [0.25, 0.3) is 0 Å². The van der Waals surface area contributed by atoms with Crippen molar-refractivity contribution in [3.05, 3.63) is 47.5 Å². The maximum Gasteiger partial charge on any atom is 0.262 e. The lowest BCUT2D eigenvalue weighted by molar-refractivity contribution is -0.118. The fraction of sp³-hybridized carbons (Fsp3) is 0.222. The van der Waals surface area contributed by atoms with Gasteiger partial charge in [-0.25, -0.2) is 0 Å². The molecule has 1 amide bonds. The van der Waals surface area contributed by atoms with E-state index in [1.807, 2.05) is 19.9 Å². The number of carbonyl (C=O) groups excluding carboxylic acids is 1. The molecule has 0 radical (unpaired) electrons. The Morgan fingerprint density at radius 1 is 1.21 bits per heavy atom. The number of ether oxygens (including phenoxy) is 2. The van der Waals surface area contributed by atoms with E-state index in [-0.39, 0.29) is 12.4 Å². The third-order valence-corrected chi connectivity index (χ3v) is 3.16. The van der Waals surface area contributed by atoms with Crippen molar-refractivity contribution in [3.63, 3.8) is 0 Å². The molecule has 0 bridgehead atoms. The number of phenols is 1. The average Bonchev–Trinajstić information content (AvgIpc) is 2.56. The zero-order valence-corrected chi connectivity index (χ0v) is 13.5. The summed E-state index contributed by atoms with van der Waals surface area (Å²) in [5.41, 5.74) is 1.65. The number of hydrogen-bond acceptors (Lipinski definition) is 5. The third kappa shape index (κ3) is 4.40. The Kier molecular flexibility index (Phi) is 5.63. The Bertz CT molecular complexity index is 781. The molecule has 124 valence electrons. The minimum Gasteiger partial charge on any atom is -0.506 e. The number of hydrogen-bond donors (Lipinski definition) is 2. The molecule has 6 nitrogen and oxygen atoms in total. The van der Waals surface area contributed by atoms with Crippen LogP contribution in [0.2, 0.25) is 0 Å². The van der Waals surface area contributed by atoms with Crippen LogP contribution < -0.4 is 14.8 Å². The van der Waals surface area contributed by atoms with Gasteiger partial charge in [0.05, 0.1) is 23.9 Å². The van der Waals surface area contributed by atoms with E-state index in [1.54, 1.807) is 36.4 Å². The maximum absolute atomic E-state index is 12.0. The number of aryl methyl sites for hydroxylation is 1. The molecule has 0 aliphatic rings. The molecule has 0 saturated carbocycles. The van der Waals surface area contributed by atoms with Gasteiger partial charge in [0.25, 0.3) is 5.91 Å². The monoisotopic (exact) mass is 326 g/mol. The number of nitriles is 1. The standard InChI is InChI=1S/C18H18N2O4/c1-3-23-17-9-13(10-19)5-7-16(17)24-11-18(22)20-14-6-4-12(2)8-15(14)21/h4-9,21H,3,11H2,1-2H3,(H,20,22). The molecule has 0 fully saturated rings. The van der Waals surface area contributed by atoms with Crippen LogP contribution in [0.5, 0.6) is 17.2 Å². The summed E-state index contributed by atoms with van der Waals surface area (Å²) in [6.07, 6.45) is 0. The van der Waals surface area contributed by atoms with Crippen molar-refractivity contribution < 1.29 is 19.4 Å². The van der Waals surface area contributed by atoms with Crippen LogP contribution in [0, 0.1) is 18.3 Å². The van der Waals surface area contributed by atoms with Gasteiger partial charge in [-0.05, 0) is 43.7 Å². The fourth-order valence-corrected chi connectivity index (χ4v) is 2.04. The molecule has 0 atom stereocenters. The first kappa shape index (κ1) is 17.2. The van der Waals surface area contributed by atoms with Gasteiger partial charge in [0.1, 0.15) is 5.75 Å². The molecule has 2 aromatic carbocycles. The van der Waals surface area contributed by atoms with Gasteiger partial charge in [-0.15, -0.1) is 0 Å². The SMILES string of the molecule is CCOc1cc(C#N)ccc1OCC(=O)Nc1ccc(C)cc1O. The number of nitrogens with zero attached hydrogens (tertiary/aromatic N) is 1. The van der Waals surface area contributed by atoms with Crippen molar-refractivity contribution >= 4 is 11.6 Å². The zero-order chi connectivity index (χ0) is 17.5. The summed E-state index contributed by atoms with van der Waals surface area (Å²) >= 11 is 0. The van der Waals surface area contributed by atoms with Crippen LogP contribution >= 0.6 is 0 Å². The van der Waals surface area contributed by atoms with Gasteiger partial charge < -0.3 is 19.9 Å². The number of nitrogens with one attached hydrogen (secondary N) is 1. The highest BCUT2D eigenvalue weighted by Gasteiger charge is 2.11. The molecule has 0 heterocycles. The maximum atomic E-state index is 12.0. The van der Waals surface area contributed by atoms with Crippen LogP contribution in [0.15, 0.2) is 36.4 Å². The molecular weight excluding hydrogens is 308 g/mol. The van der Waals surface area contributed by atoms with Crippen LogP contribution in [0.3, 0.4) is 0 Å². The second kappa shape index (κ2) is 7.88. The quantitative estimate of drug-likeness (QED) is 0.796. The number of phenolic OH excluding ortho intramolecular Hbond substituents is 1. The minimum absolute atomic E-state index is 0.00303. The topological polar surface area (TPSA) is 91.6 Å². The Morgan fingerprint density at radius 2 is 2.00 bits per heavy atom. The average molecular weight is 326 g/mol. The molecule has 6 heteroatoms. The predicted octanol–water partition coefficient (Wildman–Crippen LogP) is 2.99. The molecule has 24 heavy (non-hydrogen) atoms. The van der Waals surface area contributed by atoms with E-state index in [0.29, 0.717) is 29.4 Å². The van der Waals surface area contributed by atoms with Gasteiger partial charge in [-0.2, -0.15) is 5.26 Å². The summed E-state index contributed by atoms with van der Waals surface area (Å²) in [6, 6.07) is 11.7. The number of rotatable bonds is 6. The van der Waals surface area contributed by atoms with Gasteiger partial charge in [0.2, 0.25) is 0 Å². The predicted molar refractivity (Wildman–Crippen MR) is 89.3 cm³/mol. The van der Waals surface area contributed by atoms with Gasteiger partial charge in [-0.1, -0.05) is 6.07 Å². The number of carbonyl (C=O) groups is 1. The number of aromatic hydroxyl groups is 1. The van der Waals surface area contributed by atoms with E-state index in [1.165, 1.54) is 0 Å².